The highest BCUT2D eigenvalue weighted by Gasteiger charge is 2.27. The molecular weight excluding hydrogens is 191 g/mol. The van der Waals surface area contributed by atoms with Crippen molar-refractivity contribution < 1.29 is 22.8 Å². The van der Waals surface area contributed by atoms with Gasteiger partial charge in [-0.1, -0.05) is 0 Å². The van der Waals surface area contributed by atoms with Crippen LogP contribution in [0.3, 0.4) is 0 Å². The van der Waals surface area contributed by atoms with Gasteiger partial charge in [-0.2, -0.15) is 13.2 Å². The smallest absolute Gasteiger partial charge is 0.352 e. The van der Waals surface area contributed by atoms with Crippen LogP contribution in [0.25, 0.3) is 0 Å². The van der Waals surface area contributed by atoms with E-state index in [1.54, 1.807) is 5.32 Å². The van der Waals surface area contributed by atoms with E-state index in [0.29, 0.717) is 0 Å². The molecule has 0 aromatic carbocycles. The van der Waals surface area contributed by atoms with Crippen LogP contribution in [-0.2, 0) is 4.79 Å². The van der Waals surface area contributed by atoms with Crippen molar-refractivity contribution in [2.75, 3.05) is 13.1 Å². The second kappa shape index (κ2) is 4.53. The lowest BCUT2D eigenvalue weighted by Crippen LogP contribution is -2.42. The second-order valence-electron chi connectivity index (χ2n) is 2.11. The Labute approximate surface area is 71.5 Å². The van der Waals surface area contributed by atoms with E-state index in [9.17, 15) is 22.8 Å². The first kappa shape index (κ1) is 11.5. The number of nitrogens with one attached hydrogen (secondary N) is 2. The van der Waals surface area contributed by atoms with Gasteiger partial charge in [-0.3, -0.25) is 4.79 Å². The molecule has 0 unspecified atom stereocenters. The molecule has 0 heterocycles. The lowest BCUT2D eigenvalue weighted by molar-refractivity contribution is -0.137. The summed E-state index contributed by atoms with van der Waals surface area (Å²) in [7, 11) is 0. The maximum atomic E-state index is 11.5. The Morgan fingerprint density at radius 1 is 1.23 bits per heavy atom. The highest BCUT2D eigenvalue weighted by molar-refractivity contribution is 5.83. The molecule has 5 nitrogen and oxygen atoms in total. The lowest BCUT2D eigenvalue weighted by atomic mass is 10.5. The van der Waals surface area contributed by atoms with E-state index >= 15 is 0 Å². The predicted molar refractivity (Wildman–Crippen MR) is 36.7 cm³/mol. The van der Waals surface area contributed by atoms with Crippen LogP contribution in [0.2, 0.25) is 0 Å². The van der Waals surface area contributed by atoms with Crippen LogP contribution < -0.4 is 16.4 Å². The minimum atomic E-state index is -4.46. The molecule has 0 bridgehead atoms. The molecule has 8 heteroatoms. The summed E-state index contributed by atoms with van der Waals surface area (Å²) in [6.07, 6.45) is -4.46. The van der Waals surface area contributed by atoms with Crippen LogP contribution in [0.15, 0.2) is 0 Å². The fourth-order valence-corrected chi connectivity index (χ4v) is 0.429. The highest BCUT2D eigenvalue weighted by atomic mass is 19.4. The van der Waals surface area contributed by atoms with Gasteiger partial charge in [-0.15, -0.1) is 0 Å². The molecule has 0 aliphatic heterocycles. The lowest BCUT2D eigenvalue weighted by Gasteiger charge is -2.07. The minimum absolute atomic E-state index is 0.564. The van der Waals surface area contributed by atoms with Gasteiger partial charge >= 0.3 is 12.2 Å². The van der Waals surface area contributed by atoms with Crippen molar-refractivity contribution in [1.29, 1.82) is 0 Å². The predicted octanol–water partition coefficient (Wildman–Crippen LogP) is -0.667. The van der Waals surface area contributed by atoms with E-state index in [1.165, 1.54) is 0 Å². The molecule has 0 aromatic rings. The van der Waals surface area contributed by atoms with Crippen molar-refractivity contribution in [3.63, 3.8) is 0 Å². The number of primary amides is 1. The summed E-state index contributed by atoms with van der Waals surface area (Å²) in [5.74, 6) is -0.948. The largest absolute Gasteiger partial charge is 0.405 e. The number of amides is 3. The van der Waals surface area contributed by atoms with Crippen molar-refractivity contribution in [2.45, 2.75) is 6.18 Å². The summed E-state index contributed by atoms with van der Waals surface area (Å²) in [6.45, 7) is -1.99. The first-order valence-electron chi connectivity index (χ1n) is 3.18. The minimum Gasteiger partial charge on any atom is -0.352 e. The molecule has 0 saturated heterocycles. The zero-order chi connectivity index (χ0) is 10.5. The summed E-state index contributed by atoms with van der Waals surface area (Å²) in [4.78, 5) is 20.5. The Kier molecular flexibility index (Phi) is 4.02. The molecule has 0 aromatic heterocycles. The molecule has 13 heavy (non-hydrogen) atoms. The molecule has 0 radical (unpaired) electrons. The van der Waals surface area contributed by atoms with Crippen molar-refractivity contribution in [2.24, 2.45) is 5.73 Å². The third kappa shape index (κ3) is 8.44. The van der Waals surface area contributed by atoms with Crippen molar-refractivity contribution in [1.82, 2.24) is 10.6 Å². The monoisotopic (exact) mass is 199 g/mol. The van der Waals surface area contributed by atoms with E-state index in [0.717, 1.165) is 0 Å². The Morgan fingerprint density at radius 3 is 2.15 bits per heavy atom. The van der Waals surface area contributed by atoms with Gasteiger partial charge < -0.3 is 16.4 Å². The number of urea groups is 1. The van der Waals surface area contributed by atoms with Crippen LogP contribution in [0, 0.1) is 0 Å². The zero-order valence-electron chi connectivity index (χ0n) is 6.44. The van der Waals surface area contributed by atoms with Gasteiger partial charge in [-0.25, -0.2) is 4.79 Å². The van der Waals surface area contributed by atoms with Crippen molar-refractivity contribution in [3.05, 3.63) is 0 Å². The third-order valence-electron chi connectivity index (χ3n) is 0.909. The second-order valence-corrected chi connectivity index (χ2v) is 2.11. The van der Waals surface area contributed by atoms with Gasteiger partial charge in [0.2, 0.25) is 5.91 Å². The number of carbonyl (C=O) groups is 2. The fraction of sp³-hybridized carbons (Fsp3) is 0.600. The van der Waals surface area contributed by atoms with E-state index in [2.05, 4.69) is 5.73 Å². The Bertz CT molecular complexity index is 204. The molecule has 76 valence electrons. The maximum absolute atomic E-state index is 11.5. The van der Waals surface area contributed by atoms with Crippen molar-refractivity contribution >= 4 is 11.9 Å². The average molecular weight is 199 g/mol. The molecule has 0 aliphatic rings. The van der Waals surface area contributed by atoms with Gasteiger partial charge in [-0.05, 0) is 0 Å². The van der Waals surface area contributed by atoms with Crippen LogP contribution >= 0.6 is 0 Å². The number of carbonyl (C=O) groups excluding carboxylic acids is 2. The number of hydrogen-bond acceptors (Lipinski definition) is 2. The summed E-state index contributed by atoms with van der Waals surface area (Å²) in [5, 5.41) is 3.38. The number of nitrogens with two attached hydrogens (primary N) is 1. The summed E-state index contributed by atoms with van der Waals surface area (Å²) < 4.78 is 34.5. The molecule has 0 rings (SSSR count). The van der Waals surface area contributed by atoms with Crippen LogP contribution in [0.1, 0.15) is 0 Å². The number of rotatable bonds is 3. The number of halogens is 3. The Hall–Kier alpha value is -1.47. The van der Waals surface area contributed by atoms with Crippen LogP contribution in [0.4, 0.5) is 18.0 Å². The Balaban J connectivity index is 3.58. The normalized spacial score (nSPS) is 10.7. The number of alkyl halides is 3. The number of hydrogen-bond donors (Lipinski definition) is 3. The fourth-order valence-electron chi connectivity index (χ4n) is 0.429. The molecular formula is C5H8F3N3O2. The van der Waals surface area contributed by atoms with Gasteiger partial charge in [0.25, 0.3) is 0 Å². The third-order valence-corrected chi connectivity index (χ3v) is 0.909. The quantitative estimate of drug-likeness (QED) is 0.563. The Morgan fingerprint density at radius 2 is 1.77 bits per heavy atom. The molecule has 0 saturated carbocycles. The summed E-state index contributed by atoms with van der Waals surface area (Å²) >= 11 is 0. The first-order chi connectivity index (χ1) is 5.81. The zero-order valence-corrected chi connectivity index (χ0v) is 6.44. The van der Waals surface area contributed by atoms with Gasteiger partial charge in [0, 0.05) is 0 Å². The first-order valence-corrected chi connectivity index (χ1v) is 3.18. The molecule has 0 atom stereocenters. The maximum Gasteiger partial charge on any atom is 0.405 e. The van der Waals surface area contributed by atoms with Gasteiger partial charge in [0.15, 0.2) is 0 Å². The van der Waals surface area contributed by atoms with Crippen LogP contribution in [-0.4, -0.2) is 31.2 Å². The van der Waals surface area contributed by atoms with Gasteiger partial charge in [0.05, 0.1) is 6.54 Å². The molecule has 4 N–H and O–H groups in total. The van der Waals surface area contributed by atoms with Gasteiger partial charge in [0.1, 0.15) is 6.54 Å². The SMILES string of the molecule is NC(=O)NCC(=O)NCC(F)(F)F. The van der Waals surface area contributed by atoms with E-state index < -0.39 is 31.2 Å². The molecule has 0 aliphatic carbocycles. The molecule has 0 fully saturated rings. The molecule has 3 amide bonds. The van der Waals surface area contributed by atoms with E-state index in [1.807, 2.05) is 5.32 Å². The van der Waals surface area contributed by atoms with Crippen LogP contribution in [0.5, 0.6) is 0 Å². The standard InChI is InChI=1S/C5H8F3N3O2/c6-5(7,8)2-11-3(12)1-10-4(9)13/h1-2H2,(H,11,12)(H3,9,10,13). The average Bonchev–Trinajstić information content (AvgIpc) is 1.95. The van der Waals surface area contributed by atoms with E-state index in [4.69, 9.17) is 0 Å². The van der Waals surface area contributed by atoms with Crippen molar-refractivity contribution in [3.8, 4) is 0 Å². The highest BCUT2D eigenvalue weighted by Crippen LogP contribution is 2.11. The topological polar surface area (TPSA) is 84.2 Å². The summed E-state index contributed by atoms with van der Waals surface area (Å²) in [6, 6.07) is -0.970. The molecule has 0 spiro atoms. The van der Waals surface area contributed by atoms with E-state index in [-0.39, 0.29) is 0 Å². The summed E-state index contributed by atoms with van der Waals surface area (Å²) in [5.41, 5.74) is 4.57.